The lowest BCUT2D eigenvalue weighted by atomic mass is 10.0. The molecule has 4 heteroatoms. The van der Waals surface area contributed by atoms with Gasteiger partial charge in [0, 0.05) is 23.4 Å². The van der Waals surface area contributed by atoms with Gasteiger partial charge in [-0.1, -0.05) is 29.8 Å². The maximum Gasteiger partial charge on any atom is 0.141 e. The molecule has 1 N–H and O–H groups in total. The van der Waals surface area contributed by atoms with Crippen LogP contribution in [0.15, 0.2) is 42.5 Å². The highest BCUT2D eigenvalue weighted by atomic mass is 35.5. The van der Waals surface area contributed by atoms with Gasteiger partial charge in [0.25, 0.3) is 0 Å². The van der Waals surface area contributed by atoms with E-state index in [0.29, 0.717) is 0 Å². The molecule has 0 unspecified atom stereocenters. The van der Waals surface area contributed by atoms with Crippen molar-refractivity contribution in [3.8, 4) is 5.75 Å². The first-order chi connectivity index (χ1) is 9.06. The molecule has 0 heterocycles. The number of Topliss-reactive ketones (excluding diaryl/α,β-unsaturated/α-hetero) is 1. The number of aromatic hydroxyl groups is 1. The summed E-state index contributed by atoms with van der Waals surface area (Å²) in [5.41, 5.74) is 1.00. The van der Waals surface area contributed by atoms with Crippen molar-refractivity contribution < 1.29 is 14.3 Å². The Balaban J connectivity index is 2.07. The van der Waals surface area contributed by atoms with Crippen LogP contribution in [-0.4, -0.2) is 10.9 Å². The van der Waals surface area contributed by atoms with Gasteiger partial charge >= 0.3 is 0 Å². The van der Waals surface area contributed by atoms with E-state index in [1.54, 1.807) is 18.2 Å². The summed E-state index contributed by atoms with van der Waals surface area (Å²) in [5, 5.41) is 9.41. The Kier molecular flexibility index (Phi) is 4.17. The highest BCUT2D eigenvalue weighted by molar-refractivity contribution is 6.31. The zero-order valence-electron chi connectivity index (χ0n) is 10.1. The number of ketones is 1. The summed E-state index contributed by atoms with van der Waals surface area (Å²) in [6.07, 6.45) is 0.150. The Morgan fingerprint density at radius 1 is 1.11 bits per heavy atom. The average Bonchev–Trinajstić information content (AvgIpc) is 2.37. The smallest absolute Gasteiger partial charge is 0.141 e. The molecule has 0 radical (unpaired) electrons. The third-order valence-electron chi connectivity index (χ3n) is 2.77. The molecule has 0 amide bonds. The number of halogens is 2. The lowest BCUT2D eigenvalue weighted by molar-refractivity contribution is -0.117. The van der Waals surface area contributed by atoms with Crippen LogP contribution in [0.3, 0.4) is 0 Å². The monoisotopic (exact) mass is 278 g/mol. The van der Waals surface area contributed by atoms with Crippen molar-refractivity contribution in [1.82, 2.24) is 0 Å². The third kappa shape index (κ3) is 3.55. The maximum atomic E-state index is 13.5. The van der Waals surface area contributed by atoms with E-state index in [2.05, 4.69) is 0 Å². The van der Waals surface area contributed by atoms with Gasteiger partial charge in [0.1, 0.15) is 17.3 Å². The first-order valence-electron chi connectivity index (χ1n) is 5.79. The van der Waals surface area contributed by atoms with Crippen molar-refractivity contribution in [2.75, 3.05) is 0 Å². The second kappa shape index (κ2) is 5.85. The largest absolute Gasteiger partial charge is 0.508 e. The lowest BCUT2D eigenvalue weighted by Crippen LogP contribution is -2.08. The molecule has 0 aliphatic carbocycles. The molecular weight excluding hydrogens is 267 g/mol. The molecule has 0 saturated carbocycles. The zero-order valence-corrected chi connectivity index (χ0v) is 10.8. The van der Waals surface area contributed by atoms with Crippen LogP contribution in [0, 0.1) is 5.82 Å². The lowest BCUT2D eigenvalue weighted by Gasteiger charge is -2.05. The van der Waals surface area contributed by atoms with Gasteiger partial charge in [0.15, 0.2) is 0 Å². The zero-order chi connectivity index (χ0) is 13.8. The molecule has 2 nitrogen and oxygen atoms in total. The molecule has 0 saturated heterocycles. The number of benzene rings is 2. The second-order valence-corrected chi connectivity index (χ2v) is 4.67. The molecule has 2 aromatic rings. The minimum absolute atomic E-state index is 0.0353. The van der Waals surface area contributed by atoms with Crippen LogP contribution in [0.4, 0.5) is 4.39 Å². The molecule has 0 aromatic heterocycles. The Morgan fingerprint density at radius 3 is 2.42 bits per heavy atom. The molecule has 0 bridgehead atoms. The second-order valence-electron chi connectivity index (χ2n) is 4.26. The predicted molar refractivity (Wildman–Crippen MR) is 71.9 cm³/mol. The molecular formula is C15H12ClFO2. The number of rotatable bonds is 4. The van der Waals surface area contributed by atoms with Crippen LogP contribution in [0.5, 0.6) is 5.75 Å². The molecule has 0 fully saturated rings. The van der Waals surface area contributed by atoms with E-state index in [0.717, 1.165) is 5.56 Å². The molecule has 0 aliphatic heterocycles. The van der Waals surface area contributed by atoms with Gasteiger partial charge in [0.2, 0.25) is 0 Å². The maximum absolute atomic E-state index is 13.5. The van der Waals surface area contributed by atoms with Crippen LogP contribution in [0.25, 0.3) is 0 Å². The van der Waals surface area contributed by atoms with Crippen molar-refractivity contribution in [2.45, 2.75) is 12.8 Å². The van der Waals surface area contributed by atoms with Crippen LogP contribution in [-0.2, 0) is 17.6 Å². The Labute approximate surface area is 115 Å². The SMILES string of the molecule is O=C(Cc1ccc(O)cc1)Cc1c(F)cccc1Cl. The quantitative estimate of drug-likeness (QED) is 0.929. The first kappa shape index (κ1) is 13.6. The highest BCUT2D eigenvalue weighted by Crippen LogP contribution is 2.20. The van der Waals surface area contributed by atoms with E-state index in [4.69, 9.17) is 16.7 Å². The summed E-state index contributed by atoms with van der Waals surface area (Å²) < 4.78 is 13.5. The Bertz CT molecular complexity index is 573. The van der Waals surface area contributed by atoms with Gasteiger partial charge in [-0.15, -0.1) is 0 Å². The number of carbonyl (C=O) groups excluding carboxylic acids is 1. The summed E-state index contributed by atoms with van der Waals surface area (Å²) >= 11 is 5.87. The first-order valence-corrected chi connectivity index (χ1v) is 6.16. The van der Waals surface area contributed by atoms with Gasteiger partial charge in [-0.25, -0.2) is 4.39 Å². The summed E-state index contributed by atoms with van der Waals surface area (Å²) in [6, 6.07) is 10.7. The average molecular weight is 279 g/mol. The minimum atomic E-state index is -0.466. The molecule has 98 valence electrons. The van der Waals surface area contributed by atoms with Crippen molar-refractivity contribution in [1.29, 1.82) is 0 Å². The Hall–Kier alpha value is -1.87. The number of hydrogen-bond donors (Lipinski definition) is 1. The fourth-order valence-corrected chi connectivity index (χ4v) is 2.03. The van der Waals surface area contributed by atoms with E-state index in [1.165, 1.54) is 24.3 Å². The van der Waals surface area contributed by atoms with E-state index in [1.807, 2.05) is 0 Å². The van der Waals surface area contributed by atoms with Crippen molar-refractivity contribution >= 4 is 17.4 Å². The summed E-state index contributed by atoms with van der Waals surface area (Å²) in [7, 11) is 0. The number of phenolic OH excluding ortho intramolecular Hbond substituents is 1. The van der Waals surface area contributed by atoms with Crippen molar-refractivity contribution in [3.63, 3.8) is 0 Å². The van der Waals surface area contributed by atoms with Crippen LogP contribution in [0.2, 0.25) is 5.02 Å². The standard InChI is InChI=1S/C15H12ClFO2/c16-14-2-1-3-15(17)13(14)9-12(19)8-10-4-6-11(18)7-5-10/h1-7,18H,8-9H2. The molecule has 0 atom stereocenters. The van der Waals surface area contributed by atoms with Crippen LogP contribution >= 0.6 is 11.6 Å². The highest BCUT2D eigenvalue weighted by Gasteiger charge is 2.12. The molecule has 19 heavy (non-hydrogen) atoms. The van der Waals surface area contributed by atoms with E-state index < -0.39 is 5.82 Å². The summed E-state index contributed by atoms with van der Waals surface area (Å²) in [5.74, 6) is -0.447. The third-order valence-corrected chi connectivity index (χ3v) is 3.13. The number of carbonyl (C=O) groups is 1. The normalized spacial score (nSPS) is 10.4. The fraction of sp³-hybridized carbons (Fsp3) is 0.133. The van der Waals surface area contributed by atoms with Gasteiger partial charge in [-0.3, -0.25) is 4.79 Å². The number of phenols is 1. The van der Waals surface area contributed by atoms with Gasteiger partial charge in [0.05, 0.1) is 0 Å². The minimum Gasteiger partial charge on any atom is -0.508 e. The van der Waals surface area contributed by atoms with Crippen molar-refractivity contribution in [2.24, 2.45) is 0 Å². The topological polar surface area (TPSA) is 37.3 Å². The van der Waals surface area contributed by atoms with E-state index in [-0.39, 0.29) is 35.0 Å². The fourth-order valence-electron chi connectivity index (χ4n) is 1.80. The van der Waals surface area contributed by atoms with Gasteiger partial charge < -0.3 is 5.11 Å². The molecule has 0 aliphatic rings. The predicted octanol–water partition coefficient (Wildman–Crippen LogP) is 3.54. The number of hydrogen-bond acceptors (Lipinski definition) is 2. The molecule has 2 rings (SSSR count). The van der Waals surface area contributed by atoms with E-state index in [9.17, 15) is 9.18 Å². The van der Waals surface area contributed by atoms with Crippen LogP contribution < -0.4 is 0 Å². The van der Waals surface area contributed by atoms with Crippen molar-refractivity contribution in [3.05, 3.63) is 64.4 Å². The van der Waals surface area contributed by atoms with Gasteiger partial charge in [-0.05, 0) is 29.8 Å². The summed E-state index contributed by atoms with van der Waals surface area (Å²) in [6.45, 7) is 0. The van der Waals surface area contributed by atoms with Crippen LogP contribution in [0.1, 0.15) is 11.1 Å². The van der Waals surface area contributed by atoms with E-state index >= 15 is 0 Å². The molecule has 2 aromatic carbocycles. The summed E-state index contributed by atoms with van der Waals surface area (Å²) in [4.78, 5) is 11.9. The Morgan fingerprint density at radius 2 is 1.79 bits per heavy atom. The molecule has 0 spiro atoms. The van der Waals surface area contributed by atoms with Gasteiger partial charge in [-0.2, -0.15) is 0 Å².